The summed E-state index contributed by atoms with van der Waals surface area (Å²) in [6, 6.07) is 14.1. The van der Waals surface area contributed by atoms with Crippen molar-refractivity contribution in [2.45, 2.75) is 13.3 Å². The topological polar surface area (TPSA) is 73.4 Å². The van der Waals surface area contributed by atoms with Crippen LogP contribution in [0.15, 0.2) is 42.5 Å². The molecule has 0 bridgehead atoms. The molecule has 2 unspecified atom stereocenters. The Morgan fingerprint density at radius 3 is 2.72 bits per heavy atom. The zero-order valence-corrected chi connectivity index (χ0v) is 14.0. The molecule has 2 atom stereocenters. The zero-order valence-electron chi connectivity index (χ0n) is 14.0. The Labute approximate surface area is 145 Å². The van der Waals surface area contributed by atoms with Crippen molar-refractivity contribution in [1.29, 1.82) is 0 Å². The molecule has 2 aromatic carbocycles. The fourth-order valence-corrected chi connectivity index (χ4v) is 3.87. The van der Waals surface area contributed by atoms with Gasteiger partial charge in [-0.25, -0.2) is 0 Å². The van der Waals surface area contributed by atoms with Gasteiger partial charge in [-0.1, -0.05) is 37.3 Å². The maximum absolute atomic E-state index is 12.9. The van der Waals surface area contributed by atoms with E-state index in [9.17, 15) is 14.7 Å². The van der Waals surface area contributed by atoms with Crippen LogP contribution in [-0.2, 0) is 4.79 Å². The summed E-state index contributed by atoms with van der Waals surface area (Å²) >= 11 is 0. The summed E-state index contributed by atoms with van der Waals surface area (Å²) in [5.74, 6) is -1.23. The summed E-state index contributed by atoms with van der Waals surface area (Å²) in [7, 11) is 0. The summed E-state index contributed by atoms with van der Waals surface area (Å²) < 4.78 is 0. The number of carbonyl (C=O) groups is 2. The highest BCUT2D eigenvalue weighted by Gasteiger charge is 2.33. The molecule has 4 rings (SSSR count). The molecule has 3 aromatic rings. The third-order valence-electron chi connectivity index (χ3n) is 5.27. The van der Waals surface area contributed by atoms with Crippen LogP contribution in [0.1, 0.15) is 23.8 Å². The number of aliphatic carboxylic acids is 1. The molecule has 1 aliphatic rings. The first-order valence-electron chi connectivity index (χ1n) is 8.57. The second-order valence-electron chi connectivity index (χ2n) is 6.89. The van der Waals surface area contributed by atoms with E-state index in [1.54, 1.807) is 4.90 Å². The van der Waals surface area contributed by atoms with Crippen LogP contribution in [0, 0.1) is 11.8 Å². The van der Waals surface area contributed by atoms with E-state index < -0.39 is 5.97 Å². The van der Waals surface area contributed by atoms with E-state index in [2.05, 4.69) is 17.1 Å². The minimum absolute atomic E-state index is 0.0413. The SMILES string of the molecule is CC1CN(C(=O)c2cc3c(ccc4ccccc43)[nH]2)CCC1C(=O)O. The monoisotopic (exact) mass is 336 g/mol. The van der Waals surface area contributed by atoms with E-state index in [1.165, 1.54) is 0 Å². The molecule has 1 amide bonds. The molecule has 128 valence electrons. The lowest BCUT2D eigenvalue weighted by Gasteiger charge is -2.34. The zero-order chi connectivity index (χ0) is 17.6. The maximum atomic E-state index is 12.9. The lowest BCUT2D eigenvalue weighted by Crippen LogP contribution is -2.45. The normalized spacial score (nSPS) is 20.9. The van der Waals surface area contributed by atoms with Crippen LogP contribution in [0.25, 0.3) is 21.7 Å². The molecule has 0 radical (unpaired) electrons. The highest BCUT2D eigenvalue weighted by molar-refractivity contribution is 6.09. The van der Waals surface area contributed by atoms with Gasteiger partial charge in [-0.3, -0.25) is 9.59 Å². The molecular formula is C20H20N2O3. The summed E-state index contributed by atoms with van der Waals surface area (Å²) in [6.07, 6.45) is 0.505. The third kappa shape index (κ3) is 2.65. The molecular weight excluding hydrogens is 316 g/mol. The Bertz CT molecular complexity index is 975. The van der Waals surface area contributed by atoms with Gasteiger partial charge in [0.2, 0.25) is 0 Å². The van der Waals surface area contributed by atoms with Crippen LogP contribution in [-0.4, -0.2) is 40.0 Å². The molecule has 5 heteroatoms. The van der Waals surface area contributed by atoms with Gasteiger partial charge in [-0.05, 0) is 35.2 Å². The molecule has 1 aliphatic heterocycles. The number of rotatable bonds is 2. The highest BCUT2D eigenvalue weighted by atomic mass is 16.4. The van der Waals surface area contributed by atoms with Crippen LogP contribution in [0.3, 0.4) is 0 Å². The van der Waals surface area contributed by atoms with E-state index in [0.717, 1.165) is 21.7 Å². The Balaban J connectivity index is 1.65. The van der Waals surface area contributed by atoms with Gasteiger partial charge in [0.25, 0.3) is 5.91 Å². The molecule has 0 aliphatic carbocycles. The Morgan fingerprint density at radius 1 is 1.16 bits per heavy atom. The number of nitrogens with one attached hydrogen (secondary N) is 1. The Morgan fingerprint density at radius 2 is 1.96 bits per heavy atom. The van der Waals surface area contributed by atoms with Gasteiger partial charge >= 0.3 is 5.97 Å². The second kappa shape index (κ2) is 5.92. The predicted octanol–water partition coefficient (Wildman–Crippen LogP) is 3.50. The number of hydrogen-bond donors (Lipinski definition) is 2. The molecule has 1 fully saturated rings. The van der Waals surface area contributed by atoms with Crippen LogP contribution < -0.4 is 0 Å². The largest absolute Gasteiger partial charge is 0.481 e. The molecule has 0 spiro atoms. The van der Waals surface area contributed by atoms with Crippen molar-refractivity contribution >= 4 is 33.6 Å². The predicted molar refractivity (Wildman–Crippen MR) is 96.6 cm³/mol. The number of amides is 1. The molecule has 25 heavy (non-hydrogen) atoms. The van der Waals surface area contributed by atoms with E-state index in [-0.39, 0.29) is 17.7 Å². The first kappa shape index (κ1) is 15.7. The van der Waals surface area contributed by atoms with E-state index in [0.29, 0.717) is 25.2 Å². The minimum Gasteiger partial charge on any atom is -0.481 e. The smallest absolute Gasteiger partial charge is 0.306 e. The van der Waals surface area contributed by atoms with Gasteiger partial charge in [-0.2, -0.15) is 0 Å². The van der Waals surface area contributed by atoms with E-state index >= 15 is 0 Å². The standard InChI is InChI=1S/C20H20N2O3/c1-12-11-22(9-8-14(12)20(24)25)19(23)18-10-16-15-5-3-2-4-13(15)6-7-17(16)21-18/h2-7,10,12,14,21H,8-9,11H2,1H3,(H,24,25). The fraction of sp³-hybridized carbons (Fsp3) is 0.300. The van der Waals surface area contributed by atoms with Crippen LogP contribution in [0.5, 0.6) is 0 Å². The van der Waals surface area contributed by atoms with Gasteiger partial charge in [0, 0.05) is 24.0 Å². The average molecular weight is 336 g/mol. The minimum atomic E-state index is -0.767. The van der Waals surface area contributed by atoms with Gasteiger partial charge in [-0.15, -0.1) is 0 Å². The lowest BCUT2D eigenvalue weighted by molar-refractivity contribution is -0.145. The van der Waals surface area contributed by atoms with Crippen LogP contribution >= 0.6 is 0 Å². The number of carboxylic acids is 1. The average Bonchev–Trinajstić information content (AvgIpc) is 3.05. The number of likely N-dealkylation sites (tertiary alicyclic amines) is 1. The van der Waals surface area contributed by atoms with E-state index in [1.807, 2.05) is 37.3 Å². The summed E-state index contributed by atoms with van der Waals surface area (Å²) in [4.78, 5) is 29.1. The third-order valence-corrected chi connectivity index (χ3v) is 5.27. The molecule has 1 aromatic heterocycles. The number of carbonyl (C=O) groups excluding carboxylic acids is 1. The number of aromatic amines is 1. The van der Waals surface area contributed by atoms with Crippen LogP contribution in [0.2, 0.25) is 0 Å². The Kier molecular flexibility index (Phi) is 3.71. The first-order valence-corrected chi connectivity index (χ1v) is 8.57. The lowest BCUT2D eigenvalue weighted by atomic mass is 9.87. The number of aromatic nitrogens is 1. The van der Waals surface area contributed by atoms with Crippen molar-refractivity contribution in [3.05, 3.63) is 48.2 Å². The van der Waals surface area contributed by atoms with Crippen molar-refractivity contribution in [1.82, 2.24) is 9.88 Å². The van der Waals surface area contributed by atoms with Crippen molar-refractivity contribution in [3.8, 4) is 0 Å². The highest BCUT2D eigenvalue weighted by Crippen LogP contribution is 2.28. The quantitative estimate of drug-likeness (QED) is 0.752. The number of hydrogen-bond acceptors (Lipinski definition) is 2. The second-order valence-corrected chi connectivity index (χ2v) is 6.89. The molecule has 1 saturated heterocycles. The van der Waals surface area contributed by atoms with Gasteiger partial charge in [0.1, 0.15) is 5.69 Å². The summed E-state index contributed by atoms with van der Waals surface area (Å²) in [5.41, 5.74) is 1.50. The number of piperidine rings is 1. The van der Waals surface area contributed by atoms with Gasteiger partial charge < -0.3 is 15.0 Å². The molecule has 2 heterocycles. The Hall–Kier alpha value is -2.82. The number of H-pyrrole nitrogens is 1. The maximum Gasteiger partial charge on any atom is 0.306 e. The van der Waals surface area contributed by atoms with Gasteiger partial charge in [0.15, 0.2) is 0 Å². The fourth-order valence-electron chi connectivity index (χ4n) is 3.87. The number of carboxylic acid groups (broad SMARTS) is 1. The van der Waals surface area contributed by atoms with Crippen LogP contribution in [0.4, 0.5) is 0 Å². The number of benzene rings is 2. The van der Waals surface area contributed by atoms with Crippen molar-refractivity contribution in [3.63, 3.8) is 0 Å². The van der Waals surface area contributed by atoms with Crippen molar-refractivity contribution in [2.24, 2.45) is 11.8 Å². The molecule has 0 saturated carbocycles. The van der Waals surface area contributed by atoms with E-state index in [4.69, 9.17) is 0 Å². The summed E-state index contributed by atoms with van der Waals surface area (Å²) in [6.45, 7) is 2.86. The molecule has 5 nitrogen and oxygen atoms in total. The van der Waals surface area contributed by atoms with Gasteiger partial charge in [0.05, 0.1) is 5.92 Å². The van der Waals surface area contributed by atoms with Crippen molar-refractivity contribution in [2.75, 3.05) is 13.1 Å². The first-order chi connectivity index (χ1) is 12.0. The summed E-state index contributed by atoms with van der Waals surface area (Å²) in [5, 5.41) is 12.5. The van der Waals surface area contributed by atoms with Crippen molar-refractivity contribution < 1.29 is 14.7 Å². The number of nitrogens with zero attached hydrogens (tertiary/aromatic N) is 1. The number of fused-ring (bicyclic) bond motifs is 3. The molecule has 2 N–H and O–H groups in total.